The van der Waals surface area contributed by atoms with E-state index in [0.29, 0.717) is 22.5 Å². The van der Waals surface area contributed by atoms with Crippen LogP contribution in [0.2, 0.25) is 0 Å². The van der Waals surface area contributed by atoms with Crippen LogP contribution in [0.25, 0.3) is 33.1 Å². The molecule has 0 saturated heterocycles. The molecular formula is C35H25F3N4O3. The fourth-order valence-corrected chi connectivity index (χ4v) is 4.88. The molecule has 45 heavy (non-hydrogen) atoms. The summed E-state index contributed by atoms with van der Waals surface area (Å²) in [4.78, 5) is 30.9. The van der Waals surface area contributed by atoms with Crippen LogP contribution in [0.3, 0.4) is 0 Å². The fraction of sp³-hybridized carbons (Fsp3) is 0.0857. The van der Waals surface area contributed by atoms with Gasteiger partial charge in [0.25, 0.3) is 11.5 Å². The normalized spacial score (nSPS) is 11.7. The molecule has 0 bridgehead atoms. The Morgan fingerprint density at radius 3 is 2.42 bits per heavy atom. The molecule has 0 fully saturated rings. The Balaban J connectivity index is 1.42. The standard InChI is InChI=1S/C35H25F3N4O3/c1-22-13-16-26(17-14-22)40-32(43)21-45-31-18-15-23-7-2-3-10-27(23)29(31)20-39-42-33(24-8-6-9-25(19-24)35(36,37)38)41-30-12-5-4-11-28(30)34(42)44/h2-20H,21H2,1H3,(H,40,43). The predicted octanol–water partition coefficient (Wildman–Crippen LogP) is 7.44. The molecule has 0 unspecified atom stereocenters. The summed E-state index contributed by atoms with van der Waals surface area (Å²) in [5.41, 5.74) is 1.07. The average Bonchev–Trinajstić information content (AvgIpc) is 3.04. The number of carbonyl (C=O) groups is 1. The van der Waals surface area contributed by atoms with Crippen LogP contribution in [0.15, 0.2) is 119 Å². The van der Waals surface area contributed by atoms with Gasteiger partial charge in [-0.1, -0.05) is 72.3 Å². The largest absolute Gasteiger partial charge is 0.483 e. The summed E-state index contributed by atoms with van der Waals surface area (Å²) in [7, 11) is 0. The second-order valence-electron chi connectivity index (χ2n) is 10.3. The van der Waals surface area contributed by atoms with E-state index in [2.05, 4.69) is 15.4 Å². The first kappa shape index (κ1) is 29.3. The Hall–Kier alpha value is -5.77. The van der Waals surface area contributed by atoms with Crippen LogP contribution in [0.5, 0.6) is 5.75 Å². The van der Waals surface area contributed by atoms with Crippen molar-refractivity contribution < 1.29 is 22.7 Å². The van der Waals surface area contributed by atoms with Gasteiger partial charge in [-0.15, -0.1) is 0 Å². The topological polar surface area (TPSA) is 85.6 Å². The third-order valence-electron chi connectivity index (χ3n) is 7.13. The van der Waals surface area contributed by atoms with E-state index in [9.17, 15) is 22.8 Å². The minimum absolute atomic E-state index is 0.0620. The molecule has 1 amide bonds. The first-order chi connectivity index (χ1) is 21.7. The molecule has 5 aromatic carbocycles. The third-order valence-corrected chi connectivity index (χ3v) is 7.13. The van der Waals surface area contributed by atoms with Gasteiger partial charge in [-0.05, 0) is 60.2 Å². The lowest BCUT2D eigenvalue weighted by atomic mass is 10.0. The number of nitrogens with one attached hydrogen (secondary N) is 1. The molecular weight excluding hydrogens is 581 g/mol. The summed E-state index contributed by atoms with van der Waals surface area (Å²) < 4.78 is 47.7. The molecule has 1 N–H and O–H groups in total. The van der Waals surface area contributed by atoms with Crippen molar-refractivity contribution >= 4 is 39.5 Å². The Bertz CT molecular complexity index is 2140. The molecule has 0 aliphatic heterocycles. The monoisotopic (exact) mass is 606 g/mol. The second-order valence-corrected chi connectivity index (χ2v) is 10.3. The van der Waals surface area contributed by atoms with Crippen molar-refractivity contribution in [3.8, 4) is 17.1 Å². The van der Waals surface area contributed by atoms with Gasteiger partial charge in [0.2, 0.25) is 0 Å². The van der Waals surface area contributed by atoms with Crippen LogP contribution in [-0.4, -0.2) is 28.4 Å². The molecule has 0 spiro atoms. The van der Waals surface area contributed by atoms with Crippen LogP contribution in [0.1, 0.15) is 16.7 Å². The number of anilines is 1. The number of hydrogen-bond donors (Lipinski definition) is 1. The van der Waals surface area contributed by atoms with Crippen LogP contribution in [0, 0.1) is 6.92 Å². The lowest BCUT2D eigenvalue weighted by Gasteiger charge is -2.14. The number of benzene rings is 5. The van der Waals surface area contributed by atoms with Crippen molar-refractivity contribution in [3.63, 3.8) is 0 Å². The third kappa shape index (κ3) is 6.30. The quantitative estimate of drug-likeness (QED) is 0.191. The van der Waals surface area contributed by atoms with Crippen LogP contribution in [0.4, 0.5) is 18.9 Å². The smallest absolute Gasteiger partial charge is 0.416 e. The van der Waals surface area contributed by atoms with E-state index in [1.807, 2.05) is 49.4 Å². The Morgan fingerprint density at radius 2 is 1.64 bits per heavy atom. The Labute approximate surface area is 255 Å². The SMILES string of the molecule is Cc1ccc(NC(=O)COc2ccc3ccccc3c2C=Nn2c(-c3cccc(C(F)(F)F)c3)nc3ccccc3c2=O)cc1. The number of hydrogen-bond acceptors (Lipinski definition) is 5. The van der Waals surface area contributed by atoms with Crippen molar-refractivity contribution in [3.05, 3.63) is 136 Å². The van der Waals surface area contributed by atoms with Crippen molar-refractivity contribution in [1.82, 2.24) is 9.66 Å². The van der Waals surface area contributed by atoms with E-state index in [0.717, 1.165) is 33.1 Å². The van der Waals surface area contributed by atoms with Gasteiger partial charge in [-0.3, -0.25) is 9.59 Å². The molecule has 0 atom stereocenters. The molecule has 0 aliphatic rings. The van der Waals surface area contributed by atoms with E-state index in [1.165, 1.54) is 18.3 Å². The average molecular weight is 607 g/mol. The van der Waals surface area contributed by atoms with Gasteiger partial charge in [-0.25, -0.2) is 4.98 Å². The van der Waals surface area contributed by atoms with Gasteiger partial charge in [0.15, 0.2) is 12.4 Å². The number of rotatable bonds is 7. The van der Waals surface area contributed by atoms with Gasteiger partial charge >= 0.3 is 6.18 Å². The molecule has 1 heterocycles. The maximum atomic E-state index is 13.7. The van der Waals surface area contributed by atoms with Gasteiger partial charge in [-0.2, -0.15) is 22.9 Å². The van der Waals surface area contributed by atoms with E-state index in [1.54, 1.807) is 42.5 Å². The molecule has 6 aromatic rings. The number of aromatic nitrogens is 2. The number of amides is 1. The maximum Gasteiger partial charge on any atom is 0.416 e. The maximum absolute atomic E-state index is 13.7. The number of halogens is 3. The number of nitrogens with zero attached hydrogens (tertiary/aromatic N) is 3. The summed E-state index contributed by atoms with van der Waals surface area (Å²) in [6.45, 7) is 1.64. The minimum Gasteiger partial charge on any atom is -0.483 e. The zero-order chi connectivity index (χ0) is 31.6. The zero-order valence-corrected chi connectivity index (χ0v) is 23.9. The van der Waals surface area contributed by atoms with Gasteiger partial charge in [0, 0.05) is 16.8 Å². The summed E-state index contributed by atoms with van der Waals surface area (Å²) >= 11 is 0. The van der Waals surface area contributed by atoms with Gasteiger partial charge in [0.1, 0.15) is 5.75 Å². The Morgan fingerprint density at radius 1 is 0.911 bits per heavy atom. The highest BCUT2D eigenvalue weighted by molar-refractivity contribution is 6.03. The van der Waals surface area contributed by atoms with Gasteiger partial charge in [0.05, 0.1) is 22.7 Å². The van der Waals surface area contributed by atoms with Crippen molar-refractivity contribution in [1.29, 1.82) is 0 Å². The highest BCUT2D eigenvalue weighted by Crippen LogP contribution is 2.32. The van der Waals surface area contributed by atoms with E-state index in [-0.39, 0.29) is 29.3 Å². The molecule has 0 aliphatic carbocycles. The van der Waals surface area contributed by atoms with Crippen LogP contribution >= 0.6 is 0 Å². The molecule has 7 nitrogen and oxygen atoms in total. The first-order valence-corrected chi connectivity index (χ1v) is 13.9. The van der Waals surface area contributed by atoms with E-state index < -0.39 is 17.3 Å². The molecule has 0 saturated carbocycles. The number of carbonyl (C=O) groups excluding carboxylic acids is 1. The summed E-state index contributed by atoms with van der Waals surface area (Å²) in [6.07, 6.45) is -3.20. The zero-order valence-electron chi connectivity index (χ0n) is 23.9. The van der Waals surface area contributed by atoms with E-state index >= 15 is 0 Å². The van der Waals surface area contributed by atoms with Crippen LogP contribution < -0.4 is 15.6 Å². The molecule has 0 radical (unpaired) electrons. The lowest BCUT2D eigenvalue weighted by molar-refractivity contribution is -0.137. The minimum atomic E-state index is -4.60. The second kappa shape index (κ2) is 12.1. The van der Waals surface area contributed by atoms with Gasteiger partial charge < -0.3 is 10.1 Å². The molecule has 1 aromatic heterocycles. The highest BCUT2D eigenvalue weighted by atomic mass is 19.4. The fourth-order valence-electron chi connectivity index (χ4n) is 4.88. The Kier molecular flexibility index (Phi) is 7.87. The number of alkyl halides is 3. The number of aryl methyl sites for hydroxylation is 1. The predicted molar refractivity (Wildman–Crippen MR) is 169 cm³/mol. The summed E-state index contributed by atoms with van der Waals surface area (Å²) in [5, 5.41) is 9.06. The number of ether oxygens (including phenoxy) is 1. The highest BCUT2D eigenvalue weighted by Gasteiger charge is 2.31. The first-order valence-electron chi connectivity index (χ1n) is 13.9. The number of fused-ring (bicyclic) bond motifs is 2. The van der Waals surface area contributed by atoms with Crippen molar-refractivity contribution in [2.45, 2.75) is 13.1 Å². The molecule has 6 rings (SSSR count). The lowest BCUT2D eigenvalue weighted by Crippen LogP contribution is -2.21. The van der Waals surface area contributed by atoms with E-state index in [4.69, 9.17) is 4.74 Å². The van der Waals surface area contributed by atoms with Crippen molar-refractivity contribution in [2.24, 2.45) is 5.10 Å². The molecule has 224 valence electrons. The summed E-state index contributed by atoms with van der Waals surface area (Å²) in [6, 6.07) is 29.4. The molecule has 10 heteroatoms. The summed E-state index contributed by atoms with van der Waals surface area (Å²) in [5.74, 6) is -0.128. The number of para-hydroxylation sites is 1. The van der Waals surface area contributed by atoms with Crippen LogP contribution in [-0.2, 0) is 11.0 Å². The van der Waals surface area contributed by atoms with Crippen molar-refractivity contribution in [2.75, 3.05) is 11.9 Å².